The van der Waals surface area contributed by atoms with Crippen molar-refractivity contribution in [1.82, 2.24) is 0 Å². The van der Waals surface area contributed by atoms with Gasteiger partial charge < -0.3 is 5.73 Å². The summed E-state index contributed by atoms with van der Waals surface area (Å²) in [5, 5.41) is 0.869. The highest BCUT2D eigenvalue weighted by Crippen LogP contribution is 2.24. The van der Waals surface area contributed by atoms with Crippen LogP contribution in [0.3, 0.4) is 0 Å². The first-order valence-corrected chi connectivity index (χ1v) is 3.82. The minimum absolute atomic E-state index is 0.349. The molecule has 0 spiro atoms. The Morgan fingerprint density at radius 1 is 1.08 bits per heavy atom. The van der Waals surface area contributed by atoms with Crippen LogP contribution in [-0.4, -0.2) is 0 Å². The number of hydrogen-bond donors (Lipinski definition) is 1. The zero-order valence-corrected chi connectivity index (χ0v) is 6.72. The molecule has 0 radical (unpaired) electrons. The smallest absolute Gasteiger partial charge is 0.156 e. The van der Waals surface area contributed by atoms with Gasteiger partial charge in [0.2, 0.25) is 0 Å². The molecule has 2 N–H and O–H groups in total. The van der Waals surface area contributed by atoms with E-state index in [9.17, 15) is 8.78 Å². The third-order valence-electron chi connectivity index (χ3n) is 1.97. The second kappa shape index (κ2) is 2.69. The van der Waals surface area contributed by atoms with E-state index in [1.807, 2.05) is 0 Å². The number of benzene rings is 2. The van der Waals surface area contributed by atoms with Gasteiger partial charge in [-0.2, -0.15) is 0 Å². The molecule has 2 aromatic carbocycles. The van der Waals surface area contributed by atoms with Crippen LogP contribution in [0.25, 0.3) is 10.8 Å². The first-order valence-electron chi connectivity index (χ1n) is 3.82. The summed E-state index contributed by atoms with van der Waals surface area (Å²) in [7, 11) is 0. The molecule has 2 rings (SSSR count). The lowest BCUT2D eigenvalue weighted by Gasteiger charge is -2.03. The summed E-state index contributed by atoms with van der Waals surface area (Å²) >= 11 is 0. The summed E-state index contributed by atoms with van der Waals surface area (Å²) < 4.78 is 26.2. The molecule has 0 amide bonds. The van der Waals surface area contributed by atoms with E-state index in [4.69, 9.17) is 5.73 Å². The number of anilines is 1. The number of rotatable bonds is 0. The molecule has 0 saturated heterocycles. The van der Waals surface area contributed by atoms with Crippen molar-refractivity contribution in [2.45, 2.75) is 0 Å². The van der Waals surface area contributed by atoms with Crippen molar-refractivity contribution in [3.8, 4) is 0 Å². The topological polar surface area (TPSA) is 26.0 Å². The molecule has 0 aliphatic heterocycles. The number of nitrogen functional groups attached to an aromatic ring is 1. The van der Waals surface area contributed by atoms with Crippen LogP contribution in [0.1, 0.15) is 0 Å². The van der Waals surface area contributed by atoms with Crippen molar-refractivity contribution >= 4 is 16.5 Å². The summed E-state index contributed by atoms with van der Waals surface area (Å²) in [6, 6.07) is 7.84. The fraction of sp³-hybridized carbons (Fsp3) is 0. The van der Waals surface area contributed by atoms with Gasteiger partial charge in [0.05, 0.1) is 0 Å². The van der Waals surface area contributed by atoms with Crippen molar-refractivity contribution in [2.75, 3.05) is 5.73 Å². The Kier molecular flexibility index (Phi) is 1.65. The third-order valence-corrected chi connectivity index (χ3v) is 1.97. The lowest BCUT2D eigenvalue weighted by atomic mass is 10.1. The molecule has 2 aromatic rings. The minimum Gasteiger partial charge on any atom is -0.394 e. The molecular weight excluding hydrogens is 172 g/mol. The lowest BCUT2D eigenvalue weighted by molar-refractivity contribution is 0.600. The van der Waals surface area contributed by atoms with Crippen LogP contribution < -0.4 is 5.73 Å². The SMILES string of the molecule is Nc1c(F)cc2ccccc2c1F. The second-order valence-corrected chi connectivity index (χ2v) is 2.81. The summed E-state index contributed by atoms with van der Waals surface area (Å²) in [5.41, 5.74) is 4.78. The third kappa shape index (κ3) is 1.13. The molecule has 13 heavy (non-hydrogen) atoms. The highest BCUT2D eigenvalue weighted by atomic mass is 19.1. The molecule has 0 atom stereocenters. The summed E-state index contributed by atoms with van der Waals surface area (Å²) in [5.74, 6) is -1.40. The van der Waals surface area contributed by atoms with Crippen molar-refractivity contribution in [3.63, 3.8) is 0 Å². The van der Waals surface area contributed by atoms with Gasteiger partial charge in [0.25, 0.3) is 0 Å². The van der Waals surface area contributed by atoms with Crippen molar-refractivity contribution < 1.29 is 8.78 Å². The Morgan fingerprint density at radius 2 is 1.77 bits per heavy atom. The number of nitrogens with two attached hydrogens (primary N) is 1. The number of fused-ring (bicyclic) bond motifs is 1. The van der Waals surface area contributed by atoms with Crippen molar-refractivity contribution in [1.29, 1.82) is 0 Å². The van der Waals surface area contributed by atoms with Gasteiger partial charge in [0.1, 0.15) is 11.5 Å². The standard InChI is InChI=1S/C10H7F2N/c11-8-5-6-3-1-2-4-7(6)9(12)10(8)13/h1-5H,13H2. The Hall–Kier alpha value is -1.64. The zero-order valence-electron chi connectivity index (χ0n) is 6.72. The van der Waals surface area contributed by atoms with E-state index < -0.39 is 17.3 Å². The molecule has 0 aromatic heterocycles. The predicted molar refractivity (Wildman–Crippen MR) is 48.3 cm³/mol. The van der Waals surface area contributed by atoms with Crippen LogP contribution in [0.4, 0.5) is 14.5 Å². The fourth-order valence-electron chi connectivity index (χ4n) is 1.29. The summed E-state index contributed by atoms with van der Waals surface area (Å²) in [6.07, 6.45) is 0. The highest BCUT2D eigenvalue weighted by Gasteiger charge is 2.09. The number of hydrogen-bond acceptors (Lipinski definition) is 1. The summed E-state index contributed by atoms with van der Waals surface area (Å²) in [6.45, 7) is 0. The van der Waals surface area contributed by atoms with E-state index in [2.05, 4.69) is 0 Å². The number of halogens is 2. The van der Waals surface area contributed by atoms with E-state index >= 15 is 0 Å². The quantitative estimate of drug-likeness (QED) is 0.618. The van der Waals surface area contributed by atoms with Crippen LogP contribution >= 0.6 is 0 Å². The van der Waals surface area contributed by atoms with E-state index in [0.717, 1.165) is 0 Å². The molecule has 0 bridgehead atoms. The molecule has 66 valence electrons. The van der Waals surface area contributed by atoms with Gasteiger partial charge in [-0.3, -0.25) is 0 Å². The first kappa shape index (κ1) is 7.98. The normalized spacial score (nSPS) is 10.6. The maximum absolute atomic E-state index is 13.3. The van der Waals surface area contributed by atoms with Gasteiger partial charge in [-0.1, -0.05) is 24.3 Å². The van der Waals surface area contributed by atoms with Gasteiger partial charge in [-0.15, -0.1) is 0 Å². The minimum atomic E-state index is -0.712. The first-order chi connectivity index (χ1) is 6.20. The Balaban J connectivity index is 2.94. The van der Waals surface area contributed by atoms with Crippen molar-refractivity contribution in [2.24, 2.45) is 0 Å². The van der Waals surface area contributed by atoms with E-state index in [-0.39, 0.29) is 0 Å². The Bertz CT molecular complexity index is 466. The molecule has 0 aliphatic carbocycles. The zero-order chi connectivity index (χ0) is 9.42. The van der Waals surface area contributed by atoms with Gasteiger partial charge in [0, 0.05) is 5.39 Å². The Labute approximate surface area is 73.8 Å². The molecule has 0 heterocycles. The molecule has 0 saturated carbocycles. The van der Waals surface area contributed by atoms with Crippen LogP contribution in [0.2, 0.25) is 0 Å². The van der Waals surface area contributed by atoms with Crippen LogP contribution in [0.5, 0.6) is 0 Å². The fourth-order valence-corrected chi connectivity index (χ4v) is 1.29. The molecule has 0 fully saturated rings. The van der Waals surface area contributed by atoms with E-state index in [0.29, 0.717) is 10.8 Å². The molecule has 1 nitrogen and oxygen atoms in total. The van der Waals surface area contributed by atoms with Crippen LogP contribution in [0, 0.1) is 11.6 Å². The summed E-state index contributed by atoms with van der Waals surface area (Å²) in [4.78, 5) is 0. The van der Waals surface area contributed by atoms with Gasteiger partial charge in [-0.05, 0) is 11.5 Å². The average Bonchev–Trinajstić information content (AvgIpc) is 2.15. The predicted octanol–water partition coefficient (Wildman–Crippen LogP) is 2.70. The second-order valence-electron chi connectivity index (χ2n) is 2.81. The molecule has 0 unspecified atom stereocenters. The van der Waals surface area contributed by atoms with E-state index in [1.54, 1.807) is 24.3 Å². The van der Waals surface area contributed by atoms with Gasteiger partial charge >= 0.3 is 0 Å². The van der Waals surface area contributed by atoms with Gasteiger partial charge in [0.15, 0.2) is 5.82 Å². The molecule has 0 aliphatic rings. The monoisotopic (exact) mass is 179 g/mol. The van der Waals surface area contributed by atoms with Crippen molar-refractivity contribution in [3.05, 3.63) is 42.0 Å². The average molecular weight is 179 g/mol. The molecular formula is C10H7F2N. The van der Waals surface area contributed by atoms with Crippen LogP contribution in [-0.2, 0) is 0 Å². The van der Waals surface area contributed by atoms with E-state index in [1.165, 1.54) is 6.07 Å². The largest absolute Gasteiger partial charge is 0.394 e. The Morgan fingerprint density at radius 3 is 2.54 bits per heavy atom. The van der Waals surface area contributed by atoms with Crippen LogP contribution in [0.15, 0.2) is 30.3 Å². The molecule has 3 heteroatoms. The maximum Gasteiger partial charge on any atom is 0.156 e. The maximum atomic E-state index is 13.3. The lowest BCUT2D eigenvalue weighted by Crippen LogP contribution is -1.95. The highest BCUT2D eigenvalue weighted by molar-refractivity contribution is 5.86. The van der Waals surface area contributed by atoms with Gasteiger partial charge in [-0.25, -0.2) is 8.78 Å².